The van der Waals surface area contributed by atoms with Crippen LogP contribution in [0, 0.1) is 5.82 Å². The minimum absolute atomic E-state index is 0.0282. The average Bonchev–Trinajstić information content (AvgIpc) is 2.66. The molecule has 0 aliphatic rings. The van der Waals surface area contributed by atoms with Crippen LogP contribution < -0.4 is 5.32 Å². The second kappa shape index (κ2) is 6.15. The molecule has 0 radical (unpaired) electrons. The van der Waals surface area contributed by atoms with Crippen LogP contribution in [-0.4, -0.2) is 6.54 Å². The molecule has 1 atom stereocenters. The van der Waals surface area contributed by atoms with Crippen molar-refractivity contribution in [2.75, 3.05) is 6.54 Å². The molecular formula is C13H12BrClFNS. The Morgan fingerprint density at radius 1 is 1.44 bits per heavy atom. The van der Waals surface area contributed by atoms with Gasteiger partial charge in [-0.25, -0.2) is 4.39 Å². The van der Waals surface area contributed by atoms with Gasteiger partial charge in [0.15, 0.2) is 0 Å². The number of halogens is 3. The van der Waals surface area contributed by atoms with Gasteiger partial charge in [-0.3, -0.25) is 0 Å². The Morgan fingerprint density at radius 3 is 2.78 bits per heavy atom. The summed E-state index contributed by atoms with van der Waals surface area (Å²) in [7, 11) is 0. The summed E-state index contributed by atoms with van der Waals surface area (Å²) in [5, 5.41) is 4.04. The van der Waals surface area contributed by atoms with Crippen LogP contribution in [0.15, 0.2) is 34.1 Å². The molecule has 0 bridgehead atoms. The van der Waals surface area contributed by atoms with Crippen LogP contribution in [0.2, 0.25) is 5.02 Å². The van der Waals surface area contributed by atoms with Crippen molar-refractivity contribution in [1.82, 2.24) is 5.32 Å². The van der Waals surface area contributed by atoms with Crippen molar-refractivity contribution >= 4 is 38.9 Å². The molecule has 2 aromatic rings. The highest BCUT2D eigenvalue weighted by atomic mass is 79.9. The van der Waals surface area contributed by atoms with Crippen LogP contribution in [0.25, 0.3) is 0 Å². The fourth-order valence-corrected chi connectivity index (χ4v) is 3.63. The second-order valence-electron chi connectivity index (χ2n) is 3.82. The fraction of sp³-hybridized carbons (Fsp3) is 0.231. The predicted molar refractivity (Wildman–Crippen MR) is 78.9 cm³/mol. The third-order valence-corrected chi connectivity index (χ3v) is 5.08. The molecule has 0 aliphatic carbocycles. The quantitative estimate of drug-likeness (QED) is 0.819. The van der Waals surface area contributed by atoms with Gasteiger partial charge < -0.3 is 5.32 Å². The van der Waals surface area contributed by atoms with E-state index in [9.17, 15) is 4.39 Å². The molecule has 1 aromatic carbocycles. The van der Waals surface area contributed by atoms with E-state index in [1.165, 1.54) is 6.07 Å². The molecule has 1 N–H and O–H groups in total. The molecule has 5 heteroatoms. The van der Waals surface area contributed by atoms with E-state index >= 15 is 0 Å². The summed E-state index contributed by atoms with van der Waals surface area (Å²) in [6.07, 6.45) is 0. The fourth-order valence-electron chi connectivity index (χ4n) is 1.78. The van der Waals surface area contributed by atoms with Gasteiger partial charge in [0.1, 0.15) is 5.82 Å². The first-order chi connectivity index (χ1) is 8.61. The van der Waals surface area contributed by atoms with Gasteiger partial charge in [-0.1, -0.05) is 30.7 Å². The van der Waals surface area contributed by atoms with Gasteiger partial charge in [0.2, 0.25) is 0 Å². The monoisotopic (exact) mass is 347 g/mol. The lowest BCUT2D eigenvalue weighted by atomic mass is 10.1. The van der Waals surface area contributed by atoms with Gasteiger partial charge >= 0.3 is 0 Å². The van der Waals surface area contributed by atoms with E-state index in [1.807, 2.05) is 19.1 Å². The van der Waals surface area contributed by atoms with Crippen molar-refractivity contribution in [3.63, 3.8) is 0 Å². The number of rotatable bonds is 4. The minimum atomic E-state index is -0.225. The number of hydrogen-bond acceptors (Lipinski definition) is 2. The molecule has 1 aromatic heterocycles. The van der Waals surface area contributed by atoms with Crippen molar-refractivity contribution in [1.29, 1.82) is 0 Å². The number of nitrogens with one attached hydrogen (secondary N) is 1. The minimum Gasteiger partial charge on any atom is -0.306 e. The average molecular weight is 349 g/mol. The van der Waals surface area contributed by atoms with E-state index in [1.54, 1.807) is 23.5 Å². The van der Waals surface area contributed by atoms with Crippen molar-refractivity contribution in [3.05, 3.63) is 55.4 Å². The Bertz CT molecular complexity index is 524. The van der Waals surface area contributed by atoms with Crippen molar-refractivity contribution in [2.45, 2.75) is 13.0 Å². The number of hydrogen-bond donors (Lipinski definition) is 1. The Morgan fingerprint density at radius 2 is 2.22 bits per heavy atom. The zero-order valence-electron chi connectivity index (χ0n) is 9.71. The third kappa shape index (κ3) is 3.12. The van der Waals surface area contributed by atoms with E-state index in [-0.39, 0.29) is 11.9 Å². The SMILES string of the molecule is CCNC(c1cccc(F)c1)c1cc(Cl)c(Br)s1. The summed E-state index contributed by atoms with van der Waals surface area (Å²) < 4.78 is 14.2. The molecule has 0 saturated heterocycles. The van der Waals surface area contributed by atoms with Gasteiger partial charge in [-0.15, -0.1) is 11.3 Å². The Balaban J connectivity index is 2.39. The highest BCUT2D eigenvalue weighted by Gasteiger charge is 2.17. The predicted octanol–water partition coefficient (Wildman–Crippen LogP) is 5.00. The topological polar surface area (TPSA) is 12.0 Å². The zero-order valence-corrected chi connectivity index (χ0v) is 12.9. The van der Waals surface area contributed by atoms with Gasteiger partial charge in [0.05, 0.1) is 14.9 Å². The van der Waals surface area contributed by atoms with E-state index in [4.69, 9.17) is 11.6 Å². The maximum absolute atomic E-state index is 13.3. The third-order valence-electron chi connectivity index (χ3n) is 2.54. The van der Waals surface area contributed by atoms with E-state index in [0.717, 1.165) is 20.8 Å². The number of benzene rings is 1. The summed E-state index contributed by atoms with van der Waals surface area (Å²) >= 11 is 11.0. The number of thiophene rings is 1. The molecule has 96 valence electrons. The summed E-state index contributed by atoms with van der Waals surface area (Å²) in [6, 6.07) is 8.52. The highest BCUT2D eigenvalue weighted by molar-refractivity contribution is 9.11. The van der Waals surface area contributed by atoms with Gasteiger partial charge in [0.25, 0.3) is 0 Å². The summed E-state index contributed by atoms with van der Waals surface area (Å²) in [4.78, 5) is 1.07. The molecule has 1 heterocycles. The van der Waals surface area contributed by atoms with Crippen molar-refractivity contribution in [2.24, 2.45) is 0 Å². The van der Waals surface area contributed by atoms with Crippen molar-refractivity contribution < 1.29 is 4.39 Å². The van der Waals surface area contributed by atoms with E-state index in [0.29, 0.717) is 5.02 Å². The lowest BCUT2D eigenvalue weighted by molar-refractivity contribution is 0.607. The molecule has 0 aliphatic heterocycles. The van der Waals surface area contributed by atoms with E-state index < -0.39 is 0 Å². The maximum atomic E-state index is 13.3. The normalized spacial score (nSPS) is 12.7. The first-order valence-electron chi connectivity index (χ1n) is 5.55. The molecule has 1 nitrogen and oxygen atoms in total. The van der Waals surface area contributed by atoms with Crippen LogP contribution in [0.5, 0.6) is 0 Å². The molecule has 18 heavy (non-hydrogen) atoms. The van der Waals surface area contributed by atoms with Crippen LogP contribution in [0.4, 0.5) is 4.39 Å². The zero-order chi connectivity index (χ0) is 13.1. The van der Waals surface area contributed by atoms with Gasteiger partial charge in [0, 0.05) is 4.88 Å². The molecular weight excluding hydrogens is 337 g/mol. The summed E-state index contributed by atoms with van der Waals surface area (Å²) in [6.45, 7) is 2.82. The van der Waals surface area contributed by atoms with Crippen LogP contribution in [-0.2, 0) is 0 Å². The smallest absolute Gasteiger partial charge is 0.123 e. The van der Waals surface area contributed by atoms with Gasteiger partial charge in [-0.2, -0.15) is 0 Å². The van der Waals surface area contributed by atoms with Crippen molar-refractivity contribution in [3.8, 4) is 0 Å². The van der Waals surface area contributed by atoms with E-state index in [2.05, 4.69) is 21.2 Å². The van der Waals surface area contributed by atoms with Crippen LogP contribution in [0.1, 0.15) is 23.4 Å². The Labute approximate surface area is 123 Å². The molecule has 0 saturated carbocycles. The first-order valence-corrected chi connectivity index (χ1v) is 7.54. The lowest BCUT2D eigenvalue weighted by Crippen LogP contribution is -2.21. The molecule has 0 amide bonds. The highest BCUT2D eigenvalue weighted by Crippen LogP contribution is 2.37. The molecule has 1 unspecified atom stereocenters. The molecule has 0 spiro atoms. The van der Waals surface area contributed by atoms with Crippen LogP contribution in [0.3, 0.4) is 0 Å². The summed E-state index contributed by atoms with van der Waals surface area (Å²) in [5.74, 6) is -0.225. The second-order valence-corrected chi connectivity index (χ2v) is 6.62. The summed E-state index contributed by atoms with van der Waals surface area (Å²) in [5.41, 5.74) is 0.905. The Kier molecular flexibility index (Phi) is 4.78. The largest absolute Gasteiger partial charge is 0.306 e. The standard InChI is InChI=1S/C13H12BrClFNS/c1-2-17-12(8-4-3-5-9(16)6-8)11-7-10(15)13(14)18-11/h3-7,12,17H,2H2,1H3. The lowest BCUT2D eigenvalue weighted by Gasteiger charge is -2.16. The van der Waals surface area contributed by atoms with Gasteiger partial charge in [-0.05, 0) is 46.2 Å². The Hall–Kier alpha value is -0.420. The first kappa shape index (κ1) is 14.0. The van der Waals surface area contributed by atoms with Crippen LogP contribution >= 0.6 is 38.9 Å². The maximum Gasteiger partial charge on any atom is 0.123 e. The molecule has 2 rings (SSSR count). The molecule has 0 fully saturated rings.